The lowest BCUT2D eigenvalue weighted by Crippen LogP contribution is -2.48. The molecule has 1 aliphatic rings. The van der Waals surface area contributed by atoms with Gasteiger partial charge in [0.1, 0.15) is 12.2 Å². The number of hydrogen-bond acceptors (Lipinski definition) is 15. The first kappa shape index (κ1) is 61.7. The Morgan fingerprint density at radius 3 is 1.34 bits per heavy atom. The molecule has 2 unspecified atom stereocenters. The highest BCUT2D eigenvalue weighted by Gasteiger charge is 2.56. The number of ether oxygens (including phenoxy) is 1. The zero-order chi connectivity index (χ0) is 46.6. The maximum atomic E-state index is 11.9. The summed E-state index contributed by atoms with van der Waals surface area (Å²) in [6.45, 7) is 39.4. The molecule has 0 radical (unpaired) electrons. The minimum absolute atomic E-state index is 0.606. The van der Waals surface area contributed by atoms with Gasteiger partial charge in [-0.2, -0.15) is 8.62 Å². The summed E-state index contributed by atoms with van der Waals surface area (Å²) < 4.78 is 50.8. The molecule has 1 aromatic heterocycles. The Hall–Kier alpha value is -1.63. The molecular formula is C35H75N6O15P3. The van der Waals surface area contributed by atoms with Crippen molar-refractivity contribution in [2.45, 2.75) is 107 Å². The highest BCUT2D eigenvalue weighted by molar-refractivity contribution is 7.66. The van der Waals surface area contributed by atoms with Crippen LogP contribution >= 0.6 is 23.5 Å². The molecule has 21 nitrogen and oxygen atoms in total. The molecule has 0 aromatic carbocycles. The van der Waals surface area contributed by atoms with Crippen molar-refractivity contribution in [3.8, 4) is 12.3 Å². The van der Waals surface area contributed by atoms with E-state index in [1.807, 2.05) is 4.98 Å². The molecule has 1 saturated heterocycles. The smallest absolute Gasteiger partial charge is 0.386 e. The van der Waals surface area contributed by atoms with Crippen molar-refractivity contribution in [3.05, 3.63) is 33.1 Å². The number of H-pyrrole nitrogens is 1. The molecule has 59 heavy (non-hydrogen) atoms. The summed E-state index contributed by atoms with van der Waals surface area (Å²) >= 11 is 0. The topological polar surface area (TPSA) is 277 Å². The predicted molar refractivity (Wildman–Crippen MR) is 229 cm³/mol. The van der Waals surface area contributed by atoms with Gasteiger partial charge in [0.2, 0.25) is 0 Å². The summed E-state index contributed by atoms with van der Waals surface area (Å²) in [6, 6.07) is 0.869. The first-order chi connectivity index (χ1) is 27.4. The van der Waals surface area contributed by atoms with E-state index in [0.29, 0.717) is 4.57 Å². The zero-order valence-electron chi connectivity index (χ0n) is 37.1. The number of rotatable bonds is 20. The van der Waals surface area contributed by atoms with Gasteiger partial charge in [-0.1, -0.05) is 89.0 Å². The van der Waals surface area contributed by atoms with E-state index < -0.39 is 65.4 Å². The number of aliphatic hydroxyl groups excluding tert-OH is 1. The van der Waals surface area contributed by atoms with Crippen LogP contribution in [0.15, 0.2) is 21.9 Å². The van der Waals surface area contributed by atoms with Crippen molar-refractivity contribution in [1.82, 2.24) is 29.2 Å². The van der Waals surface area contributed by atoms with Gasteiger partial charge in [-0.05, 0) is 78.5 Å². The van der Waals surface area contributed by atoms with Crippen molar-refractivity contribution in [3.63, 3.8) is 0 Å². The number of aromatic amines is 1. The largest absolute Gasteiger partial charge is 0.490 e. The quantitative estimate of drug-likeness (QED) is 0.0732. The Morgan fingerprint density at radius 1 is 0.712 bits per heavy atom. The van der Waals surface area contributed by atoms with Gasteiger partial charge in [0.15, 0.2) is 11.8 Å². The molecule has 6 atom stereocenters. The van der Waals surface area contributed by atoms with Crippen molar-refractivity contribution in [2.75, 3.05) is 85.1 Å². The maximum Gasteiger partial charge on any atom is 0.490 e. The summed E-state index contributed by atoms with van der Waals surface area (Å²) in [7, 11) is -16.9. The second kappa shape index (κ2) is 32.1. The van der Waals surface area contributed by atoms with Gasteiger partial charge in [-0.15, -0.1) is 6.42 Å². The molecule has 1 aromatic rings. The fourth-order valence-electron chi connectivity index (χ4n) is 5.10. The monoisotopic (exact) mass is 912 g/mol. The van der Waals surface area contributed by atoms with Crippen LogP contribution in [0.25, 0.3) is 0 Å². The van der Waals surface area contributed by atoms with Gasteiger partial charge < -0.3 is 54.1 Å². The second-order valence-corrected chi connectivity index (χ2v) is 16.7. The van der Waals surface area contributed by atoms with Crippen LogP contribution in [-0.4, -0.2) is 162 Å². The molecule has 0 saturated carbocycles. The number of aromatic nitrogens is 2. The van der Waals surface area contributed by atoms with Crippen molar-refractivity contribution in [2.24, 2.45) is 0 Å². The van der Waals surface area contributed by atoms with Crippen LogP contribution in [0.4, 0.5) is 0 Å². The first-order valence-corrected chi connectivity index (χ1v) is 24.4. The molecule has 24 heteroatoms. The summed E-state index contributed by atoms with van der Waals surface area (Å²) in [5, 5.41) is 20.8. The number of terminal acetylenes is 1. The summed E-state index contributed by atoms with van der Waals surface area (Å²) in [5.41, 5.74) is -4.49. The standard InChI is InChI=1S/C11H15N2O15P3.4C6H15N/c1-2-11(17)8(15)6(26-9(11)13-4-3-7(14)12-10(13)16)5-25-30(21,22)28-31(23,24)27-29(18,19)20;4*1-4-7(5-2)6-3/h1,3-4,6,8-9,15,17H,5H2,(H,21,22)(H,23,24)(H,12,14,16)(H2,18,19,20);4*4-6H2,1-3H3/t6-,8-,9-,11-;;;;/m1..../s1. The van der Waals surface area contributed by atoms with Crippen LogP contribution in [-0.2, 0) is 31.6 Å². The Labute approximate surface area is 351 Å². The number of hydrogen-bond donors (Lipinski definition) is 7. The average molecular weight is 913 g/mol. The highest BCUT2D eigenvalue weighted by Crippen LogP contribution is 2.66. The fourth-order valence-corrected chi connectivity index (χ4v) is 8.13. The van der Waals surface area contributed by atoms with Crippen LogP contribution in [0.3, 0.4) is 0 Å². The van der Waals surface area contributed by atoms with E-state index in [2.05, 4.69) is 116 Å². The van der Waals surface area contributed by atoms with E-state index in [0.717, 1.165) is 12.3 Å². The second-order valence-electron chi connectivity index (χ2n) is 12.3. The molecule has 0 spiro atoms. The van der Waals surface area contributed by atoms with Crippen molar-refractivity contribution < 1.29 is 61.4 Å². The van der Waals surface area contributed by atoms with Crippen molar-refractivity contribution in [1.29, 1.82) is 0 Å². The summed E-state index contributed by atoms with van der Waals surface area (Å²) in [4.78, 5) is 69.9. The lowest BCUT2D eigenvalue weighted by molar-refractivity contribution is -0.0761. The predicted octanol–water partition coefficient (Wildman–Crippen LogP) is 2.89. The maximum absolute atomic E-state index is 11.9. The van der Waals surface area contributed by atoms with Crippen LogP contribution in [0.2, 0.25) is 0 Å². The van der Waals surface area contributed by atoms with Crippen LogP contribution < -0.4 is 11.2 Å². The normalized spacial score (nSPS) is 20.8. The van der Waals surface area contributed by atoms with Gasteiger partial charge in [-0.25, -0.2) is 18.5 Å². The van der Waals surface area contributed by atoms with Gasteiger partial charge in [0.05, 0.1) is 6.61 Å². The third kappa shape index (κ3) is 25.8. The lowest BCUT2D eigenvalue weighted by atomic mass is 9.95. The number of phosphoric ester groups is 1. The molecular weight excluding hydrogens is 837 g/mol. The molecule has 0 amide bonds. The van der Waals surface area contributed by atoms with Gasteiger partial charge in [0.25, 0.3) is 5.56 Å². The van der Waals surface area contributed by atoms with E-state index in [-0.39, 0.29) is 0 Å². The van der Waals surface area contributed by atoms with Crippen LogP contribution in [0, 0.1) is 12.3 Å². The number of nitrogens with zero attached hydrogens (tertiary/aromatic N) is 5. The van der Waals surface area contributed by atoms with Gasteiger partial charge >= 0.3 is 29.2 Å². The third-order valence-electron chi connectivity index (χ3n) is 9.00. The Kier molecular flexibility index (Phi) is 33.6. The Balaban J connectivity index is -0.000000898. The van der Waals surface area contributed by atoms with E-state index in [4.69, 9.17) is 25.8 Å². The summed E-state index contributed by atoms with van der Waals surface area (Å²) in [6.07, 6.45) is 0.460. The molecule has 0 aliphatic carbocycles. The zero-order valence-corrected chi connectivity index (χ0v) is 39.8. The molecule has 1 fully saturated rings. The molecule has 1 aliphatic heterocycles. The van der Waals surface area contributed by atoms with Crippen molar-refractivity contribution >= 4 is 23.5 Å². The average Bonchev–Trinajstić information content (AvgIpc) is 3.42. The first-order valence-electron chi connectivity index (χ1n) is 19.9. The Morgan fingerprint density at radius 2 is 1.07 bits per heavy atom. The highest BCUT2D eigenvalue weighted by atomic mass is 31.3. The Bertz CT molecular complexity index is 1470. The number of nitrogens with one attached hydrogen (secondary N) is 1. The molecule has 2 rings (SSSR count). The summed E-state index contributed by atoms with van der Waals surface area (Å²) in [5.74, 6) is 1.79. The fraction of sp³-hybridized carbons (Fsp3) is 0.829. The van der Waals surface area contributed by atoms with Crippen LogP contribution in [0.5, 0.6) is 0 Å². The minimum Gasteiger partial charge on any atom is -0.386 e. The SMILES string of the molecule is C#C[C@@]1(O)[C@H](O)[C@@H](COP(=O)(O)OP(=O)(O)OP(=O)(O)O)O[C@H]1n1ccc(=O)[nH]c1=O.CCN(CC)CC.CCN(CC)CC.CCN(CC)CC.CCN(CC)CC. The van der Waals surface area contributed by atoms with Gasteiger partial charge in [0, 0.05) is 12.3 Å². The lowest BCUT2D eigenvalue weighted by Gasteiger charge is -2.26. The van der Waals surface area contributed by atoms with Crippen LogP contribution in [0.1, 0.15) is 89.3 Å². The van der Waals surface area contributed by atoms with E-state index in [9.17, 15) is 38.4 Å². The minimum atomic E-state index is -5.78. The van der Waals surface area contributed by atoms with Gasteiger partial charge in [-0.3, -0.25) is 18.9 Å². The molecule has 7 N–H and O–H groups in total. The molecule has 350 valence electrons. The van der Waals surface area contributed by atoms with E-state index in [1.54, 1.807) is 5.92 Å². The number of aliphatic hydroxyl groups is 2. The van der Waals surface area contributed by atoms with E-state index >= 15 is 0 Å². The van der Waals surface area contributed by atoms with E-state index in [1.165, 1.54) is 78.5 Å². The number of phosphoric acid groups is 3. The molecule has 0 bridgehead atoms. The third-order valence-corrected chi connectivity index (χ3v) is 12.8. The molecule has 2 heterocycles.